The number of amides is 4. The van der Waals surface area contributed by atoms with Crippen LogP contribution in [0.4, 0.5) is 0 Å². The zero-order valence-electron chi connectivity index (χ0n) is 16.5. The summed E-state index contributed by atoms with van der Waals surface area (Å²) in [5.41, 5.74) is 6.25. The monoisotopic (exact) mass is 409 g/mol. The van der Waals surface area contributed by atoms with Crippen molar-refractivity contribution >= 4 is 24.1 Å². The number of carbonyl (C=O) groups excluding carboxylic acids is 4. The van der Waals surface area contributed by atoms with Crippen LogP contribution >= 0.6 is 0 Å². The van der Waals surface area contributed by atoms with E-state index in [1.165, 1.54) is 0 Å². The van der Waals surface area contributed by atoms with Gasteiger partial charge in [-0.25, -0.2) is 0 Å². The summed E-state index contributed by atoms with van der Waals surface area (Å²) >= 11 is 0. The van der Waals surface area contributed by atoms with Gasteiger partial charge in [0.25, 0.3) is 0 Å². The van der Waals surface area contributed by atoms with Crippen LogP contribution in [0.25, 0.3) is 0 Å². The Morgan fingerprint density at radius 3 is 2.62 bits per heavy atom. The summed E-state index contributed by atoms with van der Waals surface area (Å²) < 4.78 is 0. The number of hydrogen-bond donors (Lipinski definition) is 6. The smallest absolute Gasteiger partial charge is 0.243 e. The highest BCUT2D eigenvalue weighted by Crippen LogP contribution is 2.17. The van der Waals surface area contributed by atoms with Crippen molar-refractivity contribution in [3.63, 3.8) is 0 Å². The first kappa shape index (κ1) is 24.3. The second-order valence-corrected chi connectivity index (χ2v) is 6.75. The van der Waals surface area contributed by atoms with Gasteiger partial charge in [0.2, 0.25) is 24.1 Å². The lowest BCUT2D eigenvalue weighted by Gasteiger charge is -2.20. The summed E-state index contributed by atoms with van der Waals surface area (Å²) in [6.45, 7) is -0.0291. The van der Waals surface area contributed by atoms with E-state index in [9.17, 15) is 19.2 Å². The van der Waals surface area contributed by atoms with E-state index >= 15 is 0 Å². The molecule has 4 amide bonds. The van der Waals surface area contributed by atoms with Crippen molar-refractivity contribution in [2.24, 2.45) is 5.73 Å². The highest BCUT2D eigenvalue weighted by Gasteiger charge is 2.22. The van der Waals surface area contributed by atoms with Gasteiger partial charge < -0.3 is 32.1 Å². The van der Waals surface area contributed by atoms with E-state index in [1.54, 1.807) is 0 Å². The number of allylic oxidation sites excluding steroid dienone is 3. The molecule has 0 saturated carbocycles. The first-order valence-electron chi connectivity index (χ1n) is 9.71. The van der Waals surface area contributed by atoms with Crippen molar-refractivity contribution in [3.8, 4) is 0 Å². The molecule has 10 nitrogen and oxygen atoms in total. The minimum Gasteiger partial charge on any atom is -0.379 e. The molecule has 0 aromatic heterocycles. The Morgan fingerprint density at radius 1 is 1.17 bits per heavy atom. The molecule has 0 fully saturated rings. The molecule has 0 bridgehead atoms. The molecule has 7 N–H and O–H groups in total. The number of nitrogens with one attached hydrogen (secondary N) is 4. The Bertz CT molecular complexity index is 618. The van der Waals surface area contributed by atoms with Crippen LogP contribution in [0.2, 0.25) is 0 Å². The molecule has 2 atom stereocenters. The Kier molecular flexibility index (Phi) is 12.0. The molecule has 0 heterocycles. The van der Waals surface area contributed by atoms with E-state index in [0.717, 1.165) is 18.4 Å². The molecule has 0 spiro atoms. The molecule has 0 radical (unpaired) electrons. The molecule has 1 aliphatic rings. The fourth-order valence-corrected chi connectivity index (χ4v) is 2.73. The molecule has 0 saturated heterocycles. The van der Waals surface area contributed by atoms with E-state index in [2.05, 4.69) is 21.3 Å². The number of nitrogens with two attached hydrogens (primary N) is 1. The summed E-state index contributed by atoms with van der Waals surface area (Å²) in [7, 11) is 0. The molecule has 29 heavy (non-hydrogen) atoms. The largest absolute Gasteiger partial charge is 0.379 e. The van der Waals surface area contributed by atoms with Crippen molar-refractivity contribution in [2.75, 3.05) is 19.6 Å². The number of hydrogen-bond acceptors (Lipinski definition) is 6. The second kappa shape index (κ2) is 14.3. The average molecular weight is 409 g/mol. The Labute approximate surface area is 170 Å². The maximum atomic E-state index is 12.5. The molecule has 0 aromatic rings. The molecule has 1 aliphatic carbocycles. The molecule has 10 heteroatoms. The molecular weight excluding hydrogens is 378 g/mol. The third-order valence-corrected chi connectivity index (χ3v) is 4.24. The molecule has 0 aromatic carbocycles. The lowest BCUT2D eigenvalue weighted by atomic mass is 9.97. The SMILES string of the molecule is NC(O)CCCCNC(=O)CNC(=O)[C@H](CC1=CC=CCC1)NC(=O)CNC=O. The standard InChI is InChI=1S/C19H31N5O5/c20-16(26)8-4-5-9-22-17(27)12-23-19(29)15(24-18(28)11-21-13-25)10-14-6-2-1-3-7-14/h1-2,6,13,15-16,26H,3-5,7-12,20H2,(H,21,25)(H,22,27)(H,23,29)(H,24,28)/t15-,16?/m0/s1. The van der Waals surface area contributed by atoms with Crippen molar-refractivity contribution < 1.29 is 24.3 Å². The van der Waals surface area contributed by atoms with Gasteiger partial charge in [0.05, 0.1) is 13.1 Å². The van der Waals surface area contributed by atoms with E-state index in [-0.39, 0.29) is 19.0 Å². The van der Waals surface area contributed by atoms with Gasteiger partial charge in [-0.05, 0) is 38.5 Å². The van der Waals surface area contributed by atoms with Gasteiger partial charge in [0.15, 0.2) is 0 Å². The van der Waals surface area contributed by atoms with Gasteiger partial charge in [0.1, 0.15) is 12.3 Å². The van der Waals surface area contributed by atoms with Crippen LogP contribution in [0.5, 0.6) is 0 Å². The molecule has 0 aliphatic heterocycles. The van der Waals surface area contributed by atoms with Crippen LogP contribution in [-0.2, 0) is 19.2 Å². The van der Waals surface area contributed by atoms with Gasteiger partial charge in [-0.1, -0.05) is 23.8 Å². The second-order valence-electron chi connectivity index (χ2n) is 6.75. The van der Waals surface area contributed by atoms with Gasteiger partial charge in [-0.3, -0.25) is 19.2 Å². The molecule has 162 valence electrons. The summed E-state index contributed by atoms with van der Waals surface area (Å²) in [5.74, 6) is -1.31. The fraction of sp³-hybridized carbons (Fsp3) is 0.579. The normalized spacial score (nSPS) is 14.9. The predicted molar refractivity (Wildman–Crippen MR) is 107 cm³/mol. The number of carbonyl (C=O) groups is 4. The Hall–Kier alpha value is -2.72. The van der Waals surface area contributed by atoms with Crippen molar-refractivity contribution in [3.05, 3.63) is 23.8 Å². The summed E-state index contributed by atoms with van der Waals surface area (Å²) in [5, 5.41) is 19.0. The zero-order chi connectivity index (χ0) is 21.5. The summed E-state index contributed by atoms with van der Waals surface area (Å²) in [4.78, 5) is 46.6. The topological polar surface area (TPSA) is 163 Å². The maximum absolute atomic E-state index is 12.5. The first-order chi connectivity index (χ1) is 13.9. The molecular formula is C19H31N5O5. The highest BCUT2D eigenvalue weighted by molar-refractivity contribution is 5.91. The fourth-order valence-electron chi connectivity index (χ4n) is 2.73. The van der Waals surface area contributed by atoms with Gasteiger partial charge in [-0.15, -0.1) is 0 Å². The molecule has 1 rings (SSSR count). The maximum Gasteiger partial charge on any atom is 0.243 e. The van der Waals surface area contributed by atoms with Crippen LogP contribution in [0, 0.1) is 0 Å². The first-order valence-corrected chi connectivity index (χ1v) is 9.71. The number of unbranched alkanes of at least 4 members (excludes halogenated alkanes) is 1. The van der Waals surface area contributed by atoms with E-state index in [4.69, 9.17) is 10.8 Å². The van der Waals surface area contributed by atoms with Crippen LogP contribution in [0.3, 0.4) is 0 Å². The van der Waals surface area contributed by atoms with Crippen molar-refractivity contribution in [1.29, 1.82) is 0 Å². The number of aliphatic hydroxyl groups is 1. The third kappa shape index (κ3) is 11.7. The van der Waals surface area contributed by atoms with Gasteiger partial charge in [-0.2, -0.15) is 0 Å². The molecule has 1 unspecified atom stereocenters. The average Bonchev–Trinajstić information content (AvgIpc) is 2.70. The lowest BCUT2D eigenvalue weighted by Crippen LogP contribution is -2.50. The Balaban J connectivity index is 2.47. The van der Waals surface area contributed by atoms with Crippen LogP contribution in [0.1, 0.15) is 38.5 Å². The Morgan fingerprint density at radius 2 is 1.97 bits per heavy atom. The van der Waals surface area contributed by atoms with Gasteiger partial charge in [0, 0.05) is 6.54 Å². The highest BCUT2D eigenvalue weighted by atomic mass is 16.3. The summed E-state index contributed by atoms with van der Waals surface area (Å²) in [6.07, 6.45) is 9.16. The van der Waals surface area contributed by atoms with Crippen molar-refractivity contribution in [1.82, 2.24) is 21.3 Å². The quantitative estimate of drug-likeness (QED) is 0.117. The minimum absolute atomic E-state index is 0.212. The lowest BCUT2D eigenvalue weighted by molar-refractivity contribution is -0.130. The van der Waals surface area contributed by atoms with E-state index in [1.807, 2.05) is 18.2 Å². The van der Waals surface area contributed by atoms with Crippen LogP contribution < -0.4 is 27.0 Å². The van der Waals surface area contributed by atoms with Crippen LogP contribution in [-0.4, -0.2) is 61.1 Å². The zero-order valence-corrected chi connectivity index (χ0v) is 16.5. The van der Waals surface area contributed by atoms with Crippen LogP contribution in [0.15, 0.2) is 23.8 Å². The predicted octanol–water partition coefficient (Wildman–Crippen LogP) is -1.44. The van der Waals surface area contributed by atoms with Crippen molar-refractivity contribution in [2.45, 2.75) is 50.8 Å². The van der Waals surface area contributed by atoms with E-state index < -0.39 is 24.1 Å². The summed E-state index contributed by atoms with van der Waals surface area (Å²) in [6, 6.07) is -0.840. The third-order valence-electron chi connectivity index (χ3n) is 4.24. The van der Waals surface area contributed by atoms with E-state index in [0.29, 0.717) is 38.6 Å². The number of aliphatic hydroxyl groups excluding tert-OH is 1. The minimum atomic E-state index is -0.853. The van der Waals surface area contributed by atoms with Gasteiger partial charge >= 0.3 is 0 Å². The number of rotatable bonds is 14.